The van der Waals surface area contributed by atoms with Crippen molar-refractivity contribution in [3.8, 4) is 0 Å². The van der Waals surface area contributed by atoms with Crippen molar-refractivity contribution in [3.05, 3.63) is 44.5 Å². The minimum absolute atomic E-state index is 0. The Morgan fingerprint density at radius 3 is 1.02 bits per heavy atom. The SMILES string of the molecule is CC(=O)O.CC(=O)c1c(C)c(C)c(C)c(C)c1C.CC1(C)C(=O)C(C)(C)C(C)(C)C(C)(C)C1(C)C.CC1=C(C)C(C)(C)C(C)(C)C(C)(C)C1=O.[2HH]. The minimum Gasteiger partial charge on any atom is -0.481 e. The normalized spacial score (nSPS) is 22.8. The van der Waals surface area contributed by atoms with Crippen LogP contribution in [0.5, 0.6) is 0 Å². The summed E-state index contributed by atoms with van der Waals surface area (Å²) in [5.74, 6) is 0.0508. The molecule has 1 N–H and O–H groups in total. The third-order valence-corrected chi connectivity index (χ3v) is 16.3. The molecule has 0 spiro atoms. The molecule has 3 rings (SSSR count). The molecule has 0 radical (unpaired) electrons. The number of hydrogen-bond donors (Lipinski definition) is 1. The second-order valence-corrected chi connectivity index (χ2v) is 19.5. The van der Waals surface area contributed by atoms with Crippen molar-refractivity contribution in [1.29, 1.82) is 0 Å². The van der Waals surface area contributed by atoms with Crippen LogP contribution in [-0.4, -0.2) is 28.4 Å². The van der Waals surface area contributed by atoms with E-state index in [1.54, 1.807) is 6.92 Å². The molecule has 50 heavy (non-hydrogen) atoms. The fourth-order valence-electron chi connectivity index (χ4n) is 8.36. The van der Waals surface area contributed by atoms with E-state index in [0.29, 0.717) is 11.6 Å². The van der Waals surface area contributed by atoms with Gasteiger partial charge in [0.05, 0.1) is 0 Å². The number of Topliss-reactive ketones (excluding diaryl/α,β-unsaturated/α-hetero) is 3. The Labute approximate surface area is 309 Å². The molecule has 0 bridgehead atoms. The maximum atomic E-state index is 12.9. The maximum Gasteiger partial charge on any atom is 0.300 e. The van der Waals surface area contributed by atoms with Gasteiger partial charge in [0.2, 0.25) is 0 Å². The number of carbonyl (C=O) groups is 4. The highest BCUT2D eigenvalue weighted by molar-refractivity contribution is 6.01. The van der Waals surface area contributed by atoms with Crippen molar-refractivity contribution in [1.82, 2.24) is 0 Å². The maximum absolute atomic E-state index is 12.9. The van der Waals surface area contributed by atoms with Crippen molar-refractivity contribution in [3.63, 3.8) is 0 Å². The van der Waals surface area contributed by atoms with E-state index < -0.39 is 5.97 Å². The molecule has 0 atom stereocenters. The molecule has 5 nitrogen and oxygen atoms in total. The lowest BCUT2D eigenvalue weighted by Gasteiger charge is -2.68. The molecular weight excluding hydrogens is 620 g/mol. The molecule has 1 aromatic rings. The molecule has 0 heterocycles. The van der Waals surface area contributed by atoms with Crippen molar-refractivity contribution < 1.29 is 25.7 Å². The van der Waals surface area contributed by atoms with Crippen LogP contribution in [0.1, 0.15) is 178 Å². The van der Waals surface area contributed by atoms with Crippen LogP contribution in [0.2, 0.25) is 0 Å². The van der Waals surface area contributed by atoms with E-state index in [1.165, 1.54) is 22.3 Å². The number of hydrogen-bond acceptors (Lipinski definition) is 4. The van der Waals surface area contributed by atoms with Crippen molar-refractivity contribution >= 4 is 23.3 Å². The highest BCUT2D eigenvalue weighted by atomic mass is 16.4. The Morgan fingerprint density at radius 2 is 0.740 bits per heavy atom. The summed E-state index contributed by atoms with van der Waals surface area (Å²) in [7, 11) is 0. The van der Waals surface area contributed by atoms with E-state index in [0.717, 1.165) is 29.2 Å². The molecule has 0 unspecified atom stereocenters. The summed E-state index contributed by atoms with van der Waals surface area (Å²) in [6.45, 7) is 52.4. The molecular formula is C45H78O5. The first kappa shape index (κ1) is 47.4. The lowest BCUT2D eigenvalue weighted by atomic mass is 9.35. The van der Waals surface area contributed by atoms with Gasteiger partial charge in [0.15, 0.2) is 11.6 Å². The Balaban J connectivity index is 0. The molecule has 2 aliphatic rings. The van der Waals surface area contributed by atoms with Crippen LogP contribution in [0.25, 0.3) is 0 Å². The second kappa shape index (κ2) is 14.5. The van der Waals surface area contributed by atoms with Gasteiger partial charge in [-0.1, -0.05) is 116 Å². The number of carboxylic acid groups (broad SMARTS) is 1. The number of aliphatic carboxylic acids is 1. The molecule has 5 heteroatoms. The largest absolute Gasteiger partial charge is 0.481 e. The van der Waals surface area contributed by atoms with Crippen LogP contribution >= 0.6 is 0 Å². The van der Waals surface area contributed by atoms with Crippen LogP contribution < -0.4 is 0 Å². The third-order valence-electron chi connectivity index (χ3n) is 16.3. The zero-order valence-electron chi connectivity index (χ0n) is 37.1. The van der Waals surface area contributed by atoms with Crippen LogP contribution in [0.4, 0.5) is 0 Å². The van der Waals surface area contributed by atoms with Gasteiger partial charge in [0.25, 0.3) is 5.97 Å². The summed E-state index contributed by atoms with van der Waals surface area (Å²) in [6, 6.07) is 0. The summed E-state index contributed by atoms with van der Waals surface area (Å²) in [4.78, 5) is 45.7. The number of carbonyl (C=O) groups excluding carboxylic acids is 3. The van der Waals surface area contributed by atoms with E-state index in [4.69, 9.17) is 9.90 Å². The standard InChI is InChI=1S/C16H30O.C14H24O.C13H18O.C2H4O2.H2/c1-12(2)11(17)13(3,4)15(7,8)16(9,10)14(12,5)6;1-9-10(2)12(3,4)14(7,8)13(5,6)11(9)15;1-7-8(2)10(4)13(12(6)14)11(5)9(7)3;1-2(3)4;/h1-10H3;1-8H3;1-6H3;1H3,(H,3,4);1H/i;;;;1+1. The van der Waals surface area contributed by atoms with Gasteiger partial charge < -0.3 is 5.11 Å². The third kappa shape index (κ3) is 7.23. The molecule has 288 valence electrons. The van der Waals surface area contributed by atoms with Crippen LogP contribution in [0, 0.1) is 77.9 Å². The fraction of sp³-hybridized carbons (Fsp3) is 0.733. The molecule has 1 aromatic carbocycles. The average Bonchev–Trinajstić information content (AvgIpc) is 2.96. The first-order valence-electron chi connectivity index (χ1n) is 18.3. The van der Waals surface area contributed by atoms with E-state index in [-0.39, 0.29) is 50.5 Å². The molecule has 1 fully saturated rings. The molecule has 0 saturated heterocycles. The molecule has 2 aliphatic carbocycles. The van der Waals surface area contributed by atoms with Gasteiger partial charge in [-0.15, -0.1) is 0 Å². The smallest absolute Gasteiger partial charge is 0.300 e. The van der Waals surface area contributed by atoms with Crippen LogP contribution in [0.3, 0.4) is 0 Å². The number of ketones is 3. The minimum atomic E-state index is -0.833. The van der Waals surface area contributed by atoms with Gasteiger partial charge in [-0.25, -0.2) is 0 Å². The monoisotopic (exact) mass is 700 g/mol. The van der Waals surface area contributed by atoms with Crippen molar-refractivity contribution in [2.75, 3.05) is 0 Å². The van der Waals surface area contributed by atoms with Gasteiger partial charge in [0, 0.05) is 30.2 Å². The zero-order chi connectivity index (χ0) is 40.9. The van der Waals surface area contributed by atoms with E-state index >= 15 is 0 Å². The predicted molar refractivity (Wildman–Crippen MR) is 214 cm³/mol. The molecule has 0 aromatic heterocycles. The molecule has 0 aliphatic heterocycles. The first-order chi connectivity index (χ1) is 21.7. The first-order valence-corrected chi connectivity index (χ1v) is 18.3. The summed E-state index contributed by atoms with van der Waals surface area (Å²) < 4.78 is 0. The van der Waals surface area contributed by atoms with Crippen LogP contribution in [0.15, 0.2) is 11.1 Å². The predicted octanol–water partition coefficient (Wildman–Crippen LogP) is 12.5. The quantitative estimate of drug-likeness (QED) is 0.295. The van der Waals surface area contributed by atoms with Crippen molar-refractivity contribution in [2.45, 2.75) is 173 Å². The number of benzene rings is 1. The van der Waals surface area contributed by atoms with Crippen LogP contribution in [-0.2, 0) is 14.4 Å². The molecule has 1 saturated carbocycles. The Hall–Kier alpha value is -2.56. The number of allylic oxidation sites excluding steroid dienone is 2. The van der Waals surface area contributed by atoms with Gasteiger partial charge in [-0.2, -0.15) is 0 Å². The summed E-state index contributed by atoms with van der Waals surface area (Å²) >= 11 is 0. The summed E-state index contributed by atoms with van der Waals surface area (Å²) in [5, 5.41) is 7.42. The van der Waals surface area contributed by atoms with E-state index in [1.807, 2.05) is 20.8 Å². The average molecular weight is 700 g/mol. The Bertz CT molecular complexity index is 1490. The lowest BCUT2D eigenvalue weighted by Crippen LogP contribution is -2.67. The van der Waals surface area contributed by atoms with Crippen molar-refractivity contribution in [2.24, 2.45) is 43.3 Å². The van der Waals surface area contributed by atoms with Gasteiger partial charge >= 0.3 is 0 Å². The number of carboxylic acids is 1. The summed E-state index contributed by atoms with van der Waals surface area (Å²) in [6.07, 6.45) is 0. The topological polar surface area (TPSA) is 88.5 Å². The highest BCUT2D eigenvalue weighted by Crippen LogP contribution is 2.70. The van der Waals surface area contributed by atoms with E-state index in [9.17, 15) is 14.4 Å². The van der Waals surface area contributed by atoms with Gasteiger partial charge in [-0.3, -0.25) is 19.2 Å². The Kier molecular flexibility index (Phi) is 13.7. The highest BCUT2D eigenvalue weighted by Gasteiger charge is 2.68. The van der Waals surface area contributed by atoms with E-state index in [2.05, 4.69) is 138 Å². The van der Waals surface area contributed by atoms with Gasteiger partial charge in [0.1, 0.15) is 5.78 Å². The zero-order valence-corrected chi connectivity index (χ0v) is 37.1. The molecule has 0 amide bonds. The Morgan fingerprint density at radius 1 is 0.460 bits per heavy atom. The van der Waals surface area contributed by atoms with Gasteiger partial charge in [-0.05, 0) is 116 Å². The summed E-state index contributed by atoms with van der Waals surface area (Å²) in [5.41, 5.74) is 8.48. The fourth-order valence-corrected chi connectivity index (χ4v) is 8.36. The number of rotatable bonds is 1. The lowest BCUT2D eigenvalue weighted by molar-refractivity contribution is -0.204. The second-order valence-electron chi connectivity index (χ2n) is 19.5.